The first-order valence-corrected chi connectivity index (χ1v) is 12.2. The third kappa shape index (κ3) is 5.04. The molecular formula is C28H24Cl2N2O4. The molecule has 0 amide bonds. The van der Waals surface area contributed by atoms with Crippen molar-refractivity contribution in [2.24, 2.45) is 0 Å². The number of aldehydes is 1. The largest absolute Gasteiger partial charge is 0.490 e. The van der Waals surface area contributed by atoms with Crippen molar-refractivity contribution >= 4 is 29.5 Å². The first-order valence-electron chi connectivity index (χ1n) is 11.5. The summed E-state index contributed by atoms with van der Waals surface area (Å²) >= 11 is 12.7. The van der Waals surface area contributed by atoms with Gasteiger partial charge in [-0.2, -0.15) is 0 Å². The third-order valence-electron chi connectivity index (χ3n) is 6.09. The minimum atomic E-state index is -1.13. The number of carbonyl (C=O) groups is 1. The highest BCUT2D eigenvalue weighted by Crippen LogP contribution is 2.41. The van der Waals surface area contributed by atoms with Crippen LogP contribution in [0.2, 0.25) is 10.0 Å². The van der Waals surface area contributed by atoms with Crippen molar-refractivity contribution in [3.8, 4) is 16.9 Å². The maximum Gasteiger partial charge on any atom is 0.215 e. The van der Waals surface area contributed by atoms with Crippen LogP contribution in [0, 0.1) is 6.92 Å². The summed E-state index contributed by atoms with van der Waals surface area (Å²) in [6.07, 6.45) is 5.73. The van der Waals surface area contributed by atoms with Gasteiger partial charge in [-0.25, -0.2) is 4.98 Å². The number of benzene rings is 3. The molecule has 1 fully saturated rings. The Morgan fingerprint density at radius 3 is 2.78 bits per heavy atom. The number of ether oxygens (including phenoxy) is 3. The van der Waals surface area contributed by atoms with Gasteiger partial charge in [0.05, 0.1) is 24.5 Å². The zero-order chi connectivity index (χ0) is 25.1. The minimum absolute atomic E-state index is 0.246. The summed E-state index contributed by atoms with van der Waals surface area (Å²) < 4.78 is 20.9. The number of carbonyl (C=O) groups excluding carboxylic acids is 1. The molecule has 1 aliphatic heterocycles. The van der Waals surface area contributed by atoms with Gasteiger partial charge in [0.15, 0.2) is 6.29 Å². The first kappa shape index (κ1) is 24.5. The molecule has 4 aromatic rings. The van der Waals surface area contributed by atoms with Crippen molar-refractivity contribution < 1.29 is 19.0 Å². The molecule has 0 N–H and O–H groups in total. The number of aromatic nitrogens is 2. The molecular weight excluding hydrogens is 499 g/mol. The molecule has 0 bridgehead atoms. The van der Waals surface area contributed by atoms with E-state index < -0.39 is 5.79 Å². The molecule has 0 unspecified atom stereocenters. The molecule has 3 aromatic carbocycles. The van der Waals surface area contributed by atoms with E-state index in [-0.39, 0.29) is 12.7 Å². The molecule has 1 aliphatic rings. The van der Waals surface area contributed by atoms with Gasteiger partial charge in [0.2, 0.25) is 5.79 Å². The van der Waals surface area contributed by atoms with Crippen molar-refractivity contribution in [3.05, 3.63) is 106 Å². The number of hydrogen-bond donors (Lipinski definition) is 0. The van der Waals surface area contributed by atoms with E-state index in [9.17, 15) is 4.79 Å². The summed E-state index contributed by atoms with van der Waals surface area (Å²) in [6, 6.07) is 18.6. The average Bonchev–Trinajstić information content (AvgIpc) is 3.54. The van der Waals surface area contributed by atoms with Crippen LogP contribution in [0.25, 0.3) is 11.1 Å². The second-order valence-corrected chi connectivity index (χ2v) is 9.52. The highest BCUT2D eigenvalue weighted by atomic mass is 35.5. The molecule has 5 rings (SSSR count). The van der Waals surface area contributed by atoms with E-state index >= 15 is 0 Å². The zero-order valence-electron chi connectivity index (χ0n) is 19.6. The smallest absolute Gasteiger partial charge is 0.215 e. The van der Waals surface area contributed by atoms with E-state index in [1.807, 2.05) is 60.2 Å². The van der Waals surface area contributed by atoms with E-state index in [1.165, 1.54) is 0 Å². The van der Waals surface area contributed by atoms with Crippen LogP contribution >= 0.6 is 23.2 Å². The summed E-state index contributed by atoms with van der Waals surface area (Å²) in [7, 11) is 0. The van der Waals surface area contributed by atoms with Gasteiger partial charge in [-0.3, -0.25) is 4.79 Å². The number of halogens is 2. The lowest BCUT2D eigenvalue weighted by Gasteiger charge is -2.30. The standard InChI is InChI=1S/C28H24Cl2N2O4/c1-19-6-9-27(24(12-19)23-5-3-2-4-20(23)14-33)34-15-22-16-35-28(36-22,17-32-11-10-31-18-32)25-8-7-21(29)13-26(25)30/h2-14,18,22H,15-17H2,1H3/t22-,28-/m1/s1. The average molecular weight is 523 g/mol. The Balaban J connectivity index is 1.40. The van der Waals surface area contributed by atoms with E-state index in [2.05, 4.69) is 4.98 Å². The number of imidazole rings is 1. The van der Waals surface area contributed by atoms with Crippen molar-refractivity contribution in [1.82, 2.24) is 9.55 Å². The van der Waals surface area contributed by atoms with Crippen LogP contribution in [0.3, 0.4) is 0 Å². The summed E-state index contributed by atoms with van der Waals surface area (Å²) in [6.45, 7) is 2.91. The maximum absolute atomic E-state index is 11.6. The summed E-state index contributed by atoms with van der Waals surface area (Å²) in [5, 5.41) is 0.984. The quantitative estimate of drug-likeness (QED) is 0.253. The molecule has 184 valence electrons. The predicted molar refractivity (Wildman–Crippen MR) is 139 cm³/mol. The van der Waals surface area contributed by atoms with Gasteiger partial charge in [-0.05, 0) is 36.8 Å². The molecule has 6 nitrogen and oxygen atoms in total. The topological polar surface area (TPSA) is 62.6 Å². The summed E-state index contributed by atoms with van der Waals surface area (Å²) in [5.74, 6) is -0.466. The van der Waals surface area contributed by atoms with E-state index in [1.54, 1.807) is 30.7 Å². The van der Waals surface area contributed by atoms with Crippen LogP contribution < -0.4 is 4.74 Å². The fourth-order valence-corrected chi connectivity index (χ4v) is 4.94. The lowest BCUT2D eigenvalue weighted by atomic mass is 9.98. The molecule has 0 radical (unpaired) electrons. The molecule has 0 saturated carbocycles. The number of hydrogen-bond acceptors (Lipinski definition) is 5. The van der Waals surface area contributed by atoms with Crippen LogP contribution in [0.4, 0.5) is 0 Å². The van der Waals surface area contributed by atoms with Gasteiger partial charge in [0, 0.05) is 34.1 Å². The van der Waals surface area contributed by atoms with Crippen molar-refractivity contribution in [2.75, 3.05) is 13.2 Å². The van der Waals surface area contributed by atoms with Gasteiger partial charge < -0.3 is 18.8 Å². The minimum Gasteiger partial charge on any atom is -0.490 e. The van der Waals surface area contributed by atoms with Crippen LogP contribution in [-0.2, 0) is 21.8 Å². The first-order chi connectivity index (χ1) is 17.5. The molecule has 2 atom stereocenters. The third-order valence-corrected chi connectivity index (χ3v) is 6.64. The van der Waals surface area contributed by atoms with Gasteiger partial charge in [0.25, 0.3) is 0 Å². The van der Waals surface area contributed by atoms with Crippen LogP contribution in [0.5, 0.6) is 5.75 Å². The maximum atomic E-state index is 11.6. The second kappa shape index (κ2) is 10.4. The normalized spacial score (nSPS) is 19.4. The molecule has 1 saturated heterocycles. The molecule has 36 heavy (non-hydrogen) atoms. The Morgan fingerprint density at radius 2 is 2.00 bits per heavy atom. The van der Waals surface area contributed by atoms with E-state index in [0.29, 0.717) is 40.1 Å². The number of aryl methyl sites for hydroxylation is 1. The fourth-order valence-electron chi connectivity index (χ4n) is 4.38. The summed E-state index contributed by atoms with van der Waals surface area (Å²) in [4.78, 5) is 15.8. The Hall–Kier alpha value is -3.16. The lowest BCUT2D eigenvalue weighted by Crippen LogP contribution is -2.34. The monoisotopic (exact) mass is 522 g/mol. The highest BCUT2D eigenvalue weighted by Gasteiger charge is 2.45. The molecule has 8 heteroatoms. The number of rotatable bonds is 8. The summed E-state index contributed by atoms with van der Waals surface area (Å²) in [5.41, 5.74) is 4.01. The van der Waals surface area contributed by atoms with Crippen LogP contribution in [0.15, 0.2) is 79.4 Å². The molecule has 0 aliphatic carbocycles. The van der Waals surface area contributed by atoms with Crippen LogP contribution in [-0.4, -0.2) is 35.2 Å². The van der Waals surface area contributed by atoms with Crippen molar-refractivity contribution in [1.29, 1.82) is 0 Å². The number of nitrogens with zero attached hydrogens (tertiary/aromatic N) is 2. The van der Waals surface area contributed by atoms with E-state index in [0.717, 1.165) is 23.0 Å². The Kier molecular flexibility index (Phi) is 7.12. The van der Waals surface area contributed by atoms with Gasteiger partial charge in [-0.15, -0.1) is 0 Å². The highest BCUT2D eigenvalue weighted by molar-refractivity contribution is 6.35. The lowest BCUT2D eigenvalue weighted by molar-refractivity contribution is -0.189. The van der Waals surface area contributed by atoms with E-state index in [4.69, 9.17) is 37.4 Å². The van der Waals surface area contributed by atoms with Gasteiger partial charge in [-0.1, -0.05) is 65.2 Å². The fraction of sp³-hybridized carbons (Fsp3) is 0.214. The van der Waals surface area contributed by atoms with Gasteiger partial charge >= 0.3 is 0 Å². The Morgan fingerprint density at radius 1 is 1.14 bits per heavy atom. The van der Waals surface area contributed by atoms with Crippen molar-refractivity contribution in [3.63, 3.8) is 0 Å². The van der Waals surface area contributed by atoms with Gasteiger partial charge in [0.1, 0.15) is 18.5 Å². The van der Waals surface area contributed by atoms with Crippen LogP contribution in [0.1, 0.15) is 21.5 Å². The predicted octanol–water partition coefficient (Wildman–Crippen LogP) is 6.33. The SMILES string of the molecule is Cc1ccc(OC[C@@H]2CO[C@@](Cn3ccnc3)(c3ccc(Cl)cc3Cl)O2)c(-c2ccccc2C=O)c1. The zero-order valence-corrected chi connectivity index (χ0v) is 21.1. The van der Waals surface area contributed by atoms with Crippen molar-refractivity contribution in [2.45, 2.75) is 25.4 Å². The molecule has 1 aromatic heterocycles. The molecule has 2 heterocycles. The Bertz CT molecular complexity index is 1380. The molecule has 0 spiro atoms. The second-order valence-electron chi connectivity index (χ2n) is 8.68. The Labute approximate surface area is 219 Å².